The number of alkyl carbamates (subject to hydrolysis) is 1. The van der Waals surface area contributed by atoms with Gasteiger partial charge in [0.1, 0.15) is 11.1 Å². The molecule has 5 rings (SSSR count). The lowest BCUT2D eigenvalue weighted by atomic mass is 10.1. The molecule has 2 heterocycles. The van der Waals surface area contributed by atoms with Gasteiger partial charge in [0.05, 0.1) is 5.56 Å². The zero-order valence-electron chi connectivity index (χ0n) is 18.4. The molecule has 0 bridgehead atoms. The van der Waals surface area contributed by atoms with E-state index in [-0.39, 0.29) is 6.04 Å². The van der Waals surface area contributed by atoms with Crippen molar-refractivity contribution in [2.24, 2.45) is 0 Å². The van der Waals surface area contributed by atoms with Crippen molar-refractivity contribution in [1.82, 2.24) is 25.5 Å². The lowest BCUT2D eigenvalue weighted by Crippen LogP contribution is -2.39. The summed E-state index contributed by atoms with van der Waals surface area (Å²) < 4.78 is 11.2. The van der Waals surface area contributed by atoms with Gasteiger partial charge in [-0.05, 0) is 57.6 Å². The lowest BCUT2D eigenvalue weighted by Gasteiger charge is -2.21. The van der Waals surface area contributed by atoms with Gasteiger partial charge in [-0.1, -0.05) is 24.3 Å². The van der Waals surface area contributed by atoms with Gasteiger partial charge in [-0.25, -0.2) is 14.8 Å². The Labute approximate surface area is 186 Å². The number of carbonyl (C=O) groups excluding carboxylic acids is 1. The predicted octanol–water partition coefficient (Wildman–Crippen LogP) is 3.62. The van der Waals surface area contributed by atoms with Crippen molar-refractivity contribution in [2.45, 2.75) is 63.6 Å². The number of nitrogens with one attached hydrogen (secondary N) is 2. The summed E-state index contributed by atoms with van der Waals surface area (Å²) in [5.74, 6) is 1.25. The maximum atomic E-state index is 12.2. The van der Waals surface area contributed by atoms with Crippen LogP contribution >= 0.6 is 0 Å². The molecule has 0 atom stereocenters. The Balaban J connectivity index is 1.23. The first-order valence-corrected chi connectivity index (χ1v) is 10.8. The molecule has 0 unspecified atom stereocenters. The van der Waals surface area contributed by atoms with E-state index in [1.54, 1.807) is 12.4 Å². The third kappa shape index (κ3) is 4.28. The van der Waals surface area contributed by atoms with E-state index in [1.165, 1.54) is 11.1 Å². The van der Waals surface area contributed by atoms with Crippen LogP contribution in [0.5, 0.6) is 0 Å². The van der Waals surface area contributed by atoms with Gasteiger partial charge in [-0.2, -0.15) is 0 Å². The zero-order valence-corrected chi connectivity index (χ0v) is 18.4. The van der Waals surface area contributed by atoms with Gasteiger partial charge in [0.15, 0.2) is 0 Å². The fraction of sp³-hybridized carbons (Fsp3) is 0.435. The molecule has 2 aromatic heterocycles. The average Bonchev–Trinajstić information content (AvgIpc) is 3.16. The average molecular weight is 435 g/mol. The Kier molecular flexibility index (Phi) is 4.83. The first-order valence-electron chi connectivity index (χ1n) is 10.8. The maximum Gasteiger partial charge on any atom is 0.408 e. The van der Waals surface area contributed by atoms with Crippen LogP contribution in [0.3, 0.4) is 0 Å². The van der Waals surface area contributed by atoms with Crippen LogP contribution in [-0.4, -0.2) is 37.9 Å². The Morgan fingerprint density at radius 3 is 2.34 bits per heavy atom. The van der Waals surface area contributed by atoms with Crippen LogP contribution in [0.25, 0.3) is 11.5 Å². The molecule has 1 fully saturated rings. The first-order chi connectivity index (χ1) is 15.3. The van der Waals surface area contributed by atoms with Gasteiger partial charge >= 0.3 is 6.09 Å². The fourth-order valence-corrected chi connectivity index (χ4v) is 3.91. The molecule has 1 amide bonds. The second-order valence-corrected chi connectivity index (χ2v) is 9.43. The number of aromatic nitrogens is 4. The second-order valence-electron chi connectivity index (χ2n) is 9.43. The van der Waals surface area contributed by atoms with Crippen LogP contribution in [0.2, 0.25) is 0 Å². The number of hydrogen-bond acceptors (Lipinski definition) is 8. The molecule has 2 aliphatic rings. The van der Waals surface area contributed by atoms with Gasteiger partial charge in [-0.3, -0.25) is 0 Å². The molecule has 9 heteroatoms. The minimum atomic E-state index is -0.659. The molecule has 1 aromatic carbocycles. The van der Waals surface area contributed by atoms with E-state index in [2.05, 4.69) is 55.1 Å². The number of anilines is 1. The van der Waals surface area contributed by atoms with E-state index in [1.807, 2.05) is 20.8 Å². The van der Waals surface area contributed by atoms with Gasteiger partial charge in [0.2, 0.25) is 11.8 Å². The van der Waals surface area contributed by atoms with Gasteiger partial charge in [-0.15, -0.1) is 10.2 Å². The Hall–Kier alpha value is -3.49. The quantitative estimate of drug-likeness (QED) is 0.626. The van der Waals surface area contributed by atoms with Crippen LogP contribution in [0.1, 0.15) is 50.6 Å². The van der Waals surface area contributed by atoms with Crippen LogP contribution in [0, 0.1) is 0 Å². The highest BCUT2D eigenvalue weighted by Gasteiger charge is 2.51. The Morgan fingerprint density at radius 2 is 1.75 bits per heavy atom. The molecule has 0 radical (unpaired) electrons. The SMILES string of the molecule is CC(C)(C)OC(=O)NC1(c2nnc(-c3cnc(NC4Cc5ccccc5C4)nc3)o2)CC1. The van der Waals surface area contributed by atoms with Crippen LogP contribution in [0.4, 0.5) is 10.7 Å². The van der Waals surface area contributed by atoms with Crippen LogP contribution in [0.15, 0.2) is 41.1 Å². The predicted molar refractivity (Wildman–Crippen MR) is 117 cm³/mol. The standard InChI is InChI=1S/C23H26N6O3/c1-22(2,3)32-21(30)27-23(8-9-23)19-29-28-18(31-19)16-12-24-20(25-13-16)26-17-10-14-6-4-5-7-15(14)11-17/h4-7,12-13,17H,8-11H2,1-3H3,(H,27,30)(H,24,25,26). The molecule has 2 N–H and O–H groups in total. The summed E-state index contributed by atoms with van der Waals surface area (Å²) in [6.45, 7) is 5.46. The first kappa shape index (κ1) is 20.4. The van der Waals surface area contributed by atoms with Crippen molar-refractivity contribution < 1.29 is 13.9 Å². The number of nitrogens with zero attached hydrogens (tertiary/aromatic N) is 4. The van der Waals surface area contributed by atoms with Crippen LogP contribution < -0.4 is 10.6 Å². The van der Waals surface area contributed by atoms with Crippen molar-refractivity contribution in [3.05, 3.63) is 53.7 Å². The number of ether oxygens (including phenoxy) is 1. The van der Waals surface area contributed by atoms with E-state index < -0.39 is 17.2 Å². The zero-order chi connectivity index (χ0) is 22.3. The maximum absolute atomic E-state index is 12.2. The number of benzene rings is 1. The van der Waals surface area contributed by atoms with Crippen molar-refractivity contribution >= 4 is 12.0 Å². The highest BCUT2D eigenvalue weighted by atomic mass is 16.6. The number of carbonyl (C=O) groups is 1. The minimum Gasteiger partial charge on any atom is -0.444 e. The van der Waals surface area contributed by atoms with Crippen molar-refractivity contribution in [1.29, 1.82) is 0 Å². The highest BCUT2D eigenvalue weighted by Crippen LogP contribution is 2.45. The third-order valence-electron chi connectivity index (χ3n) is 5.61. The molecular formula is C23H26N6O3. The third-order valence-corrected chi connectivity index (χ3v) is 5.61. The van der Waals surface area contributed by atoms with Crippen molar-refractivity contribution in [3.63, 3.8) is 0 Å². The highest BCUT2D eigenvalue weighted by molar-refractivity contribution is 5.69. The molecule has 0 aliphatic heterocycles. The van der Waals surface area contributed by atoms with Gasteiger partial charge in [0, 0.05) is 18.4 Å². The van der Waals surface area contributed by atoms with Crippen LogP contribution in [-0.2, 0) is 23.1 Å². The van der Waals surface area contributed by atoms with E-state index >= 15 is 0 Å². The number of fused-ring (bicyclic) bond motifs is 1. The summed E-state index contributed by atoms with van der Waals surface area (Å²) in [4.78, 5) is 21.0. The minimum absolute atomic E-state index is 0.280. The summed E-state index contributed by atoms with van der Waals surface area (Å²) in [5.41, 5.74) is 2.13. The molecule has 2 aliphatic carbocycles. The smallest absolute Gasteiger partial charge is 0.408 e. The number of rotatable bonds is 5. The molecular weight excluding hydrogens is 408 g/mol. The Morgan fingerprint density at radius 1 is 1.09 bits per heavy atom. The summed E-state index contributed by atoms with van der Waals surface area (Å²) in [5, 5.41) is 14.5. The van der Waals surface area contributed by atoms with Crippen molar-refractivity contribution in [2.75, 3.05) is 5.32 Å². The molecule has 1 saturated carbocycles. The summed E-state index contributed by atoms with van der Waals surface area (Å²) in [7, 11) is 0. The van der Waals surface area contributed by atoms with Gasteiger partial charge in [0.25, 0.3) is 5.89 Å². The summed E-state index contributed by atoms with van der Waals surface area (Å²) in [6, 6.07) is 8.75. The monoisotopic (exact) mass is 434 g/mol. The molecule has 0 saturated heterocycles. The molecule has 3 aromatic rings. The fourth-order valence-electron chi connectivity index (χ4n) is 3.91. The topological polar surface area (TPSA) is 115 Å². The van der Waals surface area contributed by atoms with E-state index in [0.717, 1.165) is 25.7 Å². The summed E-state index contributed by atoms with van der Waals surface area (Å²) in [6.07, 6.45) is 6.18. The molecule has 166 valence electrons. The van der Waals surface area contributed by atoms with E-state index in [4.69, 9.17) is 9.15 Å². The Bertz CT molecular complexity index is 1110. The van der Waals surface area contributed by atoms with E-state index in [9.17, 15) is 4.79 Å². The van der Waals surface area contributed by atoms with Crippen molar-refractivity contribution in [3.8, 4) is 11.5 Å². The molecule has 32 heavy (non-hydrogen) atoms. The number of amides is 1. The molecule has 9 nitrogen and oxygen atoms in total. The largest absolute Gasteiger partial charge is 0.444 e. The van der Waals surface area contributed by atoms with Gasteiger partial charge < -0.3 is 19.8 Å². The molecule has 0 spiro atoms. The second kappa shape index (κ2) is 7.58. The number of hydrogen-bond donors (Lipinski definition) is 2. The normalized spacial score (nSPS) is 17.0. The summed E-state index contributed by atoms with van der Waals surface area (Å²) >= 11 is 0. The van der Waals surface area contributed by atoms with E-state index in [0.29, 0.717) is 23.3 Å². The lowest BCUT2D eigenvalue weighted by molar-refractivity contribution is 0.0486.